The average molecular weight is 337 g/mol. The van der Waals surface area contributed by atoms with Gasteiger partial charge in [-0.2, -0.15) is 9.78 Å². The first-order valence-corrected chi connectivity index (χ1v) is 8.35. The molecule has 1 amide bonds. The van der Waals surface area contributed by atoms with Gasteiger partial charge in [-0.05, 0) is 47.9 Å². The van der Waals surface area contributed by atoms with E-state index in [1.807, 2.05) is 53.2 Å². The maximum Gasteiger partial charge on any atom is 0.256 e. The summed E-state index contributed by atoms with van der Waals surface area (Å²) in [7, 11) is 0. The highest BCUT2D eigenvalue weighted by Crippen LogP contribution is 2.24. The standard InChI is InChI=1S/C17H19N7O/c1-13-9-19-23(10-13)14-5-4-8-22(11-14)17(25)15-6-2-3-7-16(15)24-12-18-20-21-24/h2-3,6-7,9-10,12,14H,4-5,8,11H2,1H3/t14-/m1/s1. The van der Waals surface area contributed by atoms with E-state index in [0.29, 0.717) is 17.8 Å². The number of amides is 1. The predicted octanol–water partition coefficient (Wildman–Crippen LogP) is 1.64. The van der Waals surface area contributed by atoms with Gasteiger partial charge in [0, 0.05) is 19.3 Å². The number of nitrogens with zero attached hydrogens (tertiary/aromatic N) is 7. The van der Waals surface area contributed by atoms with E-state index in [2.05, 4.69) is 20.6 Å². The minimum absolute atomic E-state index is 0.000298. The van der Waals surface area contributed by atoms with E-state index in [9.17, 15) is 4.79 Å². The maximum atomic E-state index is 13.1. The number of aromatic nitrogens is 6. The van der Waals surface area contributed by atoms with Crippen molar-refractivity contribution in [2.24, 2.45) is 0 Å². The molecule has 3 aromatic rings. The van der Waals surface area contributed by atoms with Crippen LogP contribution in [0.1, 0.15) is 34.8 Å². The Hall–Kier alpha value is -3.03. The van der Waals surface area contributed by atoms with Gasteiger partial charge in [0.05, 0.1) is 23.5 Å². The van der Waals surface area contributed by atoms with Crippen LogP contribution in [0.15, 0.2) is 43.0 Å². The zero-order chi connectivity index (χ0) is 17.2. The Balaban J connectivity index is 1.59. The number of aryl methyl sites for hydroxylation is 1. The minimum Gasteiger partial charge on any atom is -0.336 e. The molecular weight excluding hydrogens is 318 g/mol. The van der Waals surface area contributed by atoms with Crippen molar-refractivity contribution in [2.75, 3.05) is 13.1 Å². The molecule has 4 rings (SSSR count). The van der Waals surface area contributed by atoms with Gasteiger partial charge < -0.3 is 4.90 Å². The quantitative estimate of drug-likeness (QED) is 0.726. The molecule has 1 aliphatic heterocycles. The smallest absolute Gasteiger partial charge is 0.256 e. The predicted molar refractivity (Wildman–Crippen MR) is 90.3 cm³/mol. The molecule has 2 aromatic heterocycles. The van der Waals surface area contributed by atoms with Crippen LogP contribution in [0, 0.1) is 6.92 Å². The van der Waals surface area contributed by atoms with Crippen LogP contribution < -0.4 is 0 Å². The highest BCUT2D eigenvalue weighted by molar-refractivity contribution is 5.97. The molecule has 1 aliphatic rings. The molecule has 0 bridgehead atoms. The van der Waals surface area contributed by atoms with E-state index in [1.165, 1.54) is 11.0 Å². The first-order chi connectivity index (χ1) is 12.2. The summed E-state index contributed by atoms with van der Waals surface area (Å²) in [5.74, 6) is -0.000298. The molecular formula is C17H19N7O. The van der Waals surface area contributed by atoms with Crippen LogP contribution in [0.25, 0.3) is 5.69 Å². The van der Waals surface area contributed by atoms with E-state index < -0.39 is 0 Å². The minimum atomic E-state index is -0.000298. The molecule has 0 N–H and O–H groups in total. The van der Waals surface area contributed by atoms with Crippen LogP contribution >= 0.6 is 0 Å². The molecule has 0 aliphatic carbocycles. The Bertz CT molecular complexity index is 871. The molecule has 1 fully saturated rings. The topological polar surface area (TPSA) is 81.7 Å². The third-order valence-electron chi connectivity index (χ3n) is 4.52. The number of tetrazole rings is 1. The first kappa shape index (κ1) is 15.5. The SMILES string of the molecule is Cc1cnn([C@@H]2CCCN(C(=O)c3ccccc3-n3cnnn3)C2)c1. The van der Waals surface area contributed by atoms with E-state index in [-0.39, 0.29) is 11.9 Å². The summed E-state index contributed by atoms with van der Waals surface area (Å²) in [5, 5.41) is 15.6. The number of hydrogen-bond donors (Lipinski definition) is 0. The fourth-order valence-corrected chi connectivity index (χ4v) is 3.28. The van der Waals surface area contributed by atoms with Crippen molar-refractivity contribution >= 4 is 5.91 Å². The van der Waals surface area contributed by atoms with Gasteiger partial charge in [0.2, 0.25) is 0 Å². The fourth-order valence-electron chi connectivity index (χ4n) is 3.28. The van der Waals surface area contributed by atoms with Crippen molar-refractivity contribution in [3.8, 4) is 5.69 Å². The number of likely N-dealkylation sites (tertiary alicyclic amines) is 1. The Kier molecular flexibility index (Phi) is 4.01. The highest BCUT2D eigenvalue weighted by atomic mass is 16.2. The number of rotatable bonds is 3. The van der Waals surface area contributed by atoms with Crippen molar-refractivity contribution in [2.45, 2.75) is 25.8 Å². The zero-order valence-electron chi connectivity index (χ0n) is 14.0. The molecule has 25 heavy (non-hydrogen) atoms. The molecule has 3 heterocycles. The number of para-hydroxylation sites is 1. The van der Waals surface area contributed by atoms with Crippen LogP contribution in [0.3, 0.4) is 0 Å². The van der Waals surface area contributed by atoms with Crippen LogP contribution in [-0.4, -0.2) is 53.9 Å². The van der Waals surface area contributed by atoms with Crippen molar-refractivity contribution < 1.29 is 4.79 Å². The largest absolute Gasteiger partial charge is 0.336 e. The number of carbonyl (C=O) groups excluding carboxylic acids is 1. The molecule has 1 aromatic carbocycles. The second kappa shape index (κ2) is 6.46. The first-order valence-electron chi connectivity index (χ1n) is 8.35. The number of hydrogen-bond acceptors (Lipinski definition) is 5. The third-order valence-corrected chi connectivity index (χ3v) is 4.52. The molecule has 0 unspecified atom stereocenters. The van der Waals surface area contributed by atoms with Crippen LogP contribution in [0.5, 0.6) is 0 Å². The summed E-state index contributed by atoms with van der Waals surface area (Å²) in [6, 6.07) is 7.62. The van der Waals surface area contributed by atoms with Gasteiger partial charge in [0.1, 0.15) is 6.33 Å². The average Bonchev–Trinajstić information content (AvgIpc) is 3.33. The fraction of sp³-hybridized carbons (Fsp3) is 0.353. The lowest BCUT2D eigenvalue weighted by Gasteiger charge is -2.33. The van der Waals surface area contributed by atoms with Crippen LogP contribution in [0.4, 0.5) is 0 Å². The van der Waals surface area contributed by atoms with E-state index in [4.69, 9.17) is 0 Å². The normalized spacial score (nSPS) is 17.6. The van der Waals surface area contributed by atoms with E-state index >= 15 is 0 Å². The van der Waals surface area contributed by atoms with Gasteiger partial charge in [-0.15, -0.1) is 5.10 Å². The summed E-state index contributed by atoms with van der Waals surface area (Å²) in [4.78, 5) is 15.0. The summed E-state index contributed by atoms with van der Waals surface area (Å²) in [6.45, 7) is 3.43. The molecule has 1 atom stereocenters. The summed E-state index contributed by atoms with van der Waals surface area (Å²) in [5.41, 5.74) is 2.43. The lowest BCUT2D eigenvalue weighted by atomic mass is 10.0. The lowest BCUT2D eigenvalue weighted by Crippen LogP contribution is -2.41. The third kappa shape index (κ3) is 3.02. The van der Waals surface area contributed by atoms with Crippen molar-refractivity contribution in [3.05, 3.63) is 54.1 Å². The van der Waals surface area contributed by atoms with Gasteiger partial charge in [0.25, 0.3) is 5.91 Å². The highest BCUT2D eigenvalue weighted by Gasteiger charge is 2.27. The van der Waals surface area contributed by atoms with Gasteiger partial charge >= 0.3 is 0 Å². The Labute approximate surface area is 145 Å². The van der Waals surface area contributed by atoms with Crippen molar-refractivity contribution in [1.82, 2.24) is 34.9 Å². The second-order valence-corrected chi connectivity index (χ2v) is 6.32. The van der Waals surface area contributed by atoms with Crippen LogP contribution in [-0.2, 0) is 0 Å². The molecule has 128 valence electrons. The van der Waals surface area contributed by atoms with Gasteiger partial charge in [0.15, 0.2) is 0 Å². The Morgan fingerprint density at radius 3 is 2.92 bits per heavy atom. The Morgan fingerprint density at radius 1 is 1.28 bits per heavy atom. The van der Waals surface area contributed by atoms with Crippen molar-refractivity contribution in [3.63, 3.8) is 0 Å². The van der Waals surface area contributed by atoms with Gasteiger partial charge in [-0.25, -0.2) is 0 Å². The van der Waals surface area contributed by atoms with Gasteiger partial charge in [-0.1, -0.05) is 12.1 Å². The summed E-state index contributed by atoms with van der Waals surface area (Å²) >= 11 is 0. The molecule has 0 spiro atoms. The lowest BCUT2D eigenvalue weighted by molar-refractivity contribution is 0.0673. The van der Waals surface area contributed by atoms with Crippen molar-refractivity contribution in [1.29, 1.82) is 0 Å². The maximum absolute atomic E-state index is 13.1. The van der Waals surface area contributed by atoms with Gasteiger partial charge in [-0.3, -0.25) is 9.48 Å². The van der Waals surface area contributed by atoms with E-state index in [1.54, 1.807) is 0 Å². The molecule has 1 saturated heterocycles. The number of benzene rings is 1. The molecule has 8 nitrogen and oxygen atoms in total. The van der Waals surface area contributed by atoms with Crippen LogP contribution in [0.2, 0.25) is 0 Å². The Morgan fingerprint density at radius 2 is 2.16 bits per heavy atom. The second-order valence-electron chi connectivity index (χ2n) is 6.32. The van der Waals surface area contributed by atoms with E-state index in [0.717, 1.165) is 24.9 Å². The molecule has 0 saturated carbocycles. The molecule has 0 radical (unpaired) electrons. The molecule has 8 heteroatoms. The summed E-state index contributed by atoms with van der Waals surface area (Å²) < 4.78 is 3.49. The number of piperidine rings is 1. The monoisotopic (exact) mass is 337 g/mol. The zero-order valence-corrected chi connectivity index (χ0v) is 14.0. The summed E-state index contributed by atoms with van der Waals surface area (Å²) in [6.07, 6.45) is 7.38. The number of carbonyl (C=O) groups is 1.